The number of nitrogens with one attached hydrogen (secondary N) is 1. The number of rotatable bonds is 5. The van der Waals surface area contributed by atoms with Gasteiger partial charge in [0.1, 0.15) is 5.75 Å². The van der Waals surface area contributed by atoms with E-state index in [0.29, 0.717) is 12.6 Å². The van der Waals surface area contributed by atoms with Gasteiger partial charge < -0.3 is 15.8 Å². The van der Waals surface area contributed by atoms with Crippen LogP contribution in [0.3, 0.4) is 0 Å². The number of amides is 1. The molecule has 1 aromatic rings. The predicted octanol–water partition coefficient (Wildman–Crippen LogP) is 3.35. The first-order valence-electron chi connectivity index (χ1n) is 7.29. The highest BCUT2D eigenvalue weighted by molar-refractivity contribution is 5.95. The summed E-state index contributed by atoms with van der Waals surface area (Å²) in [6, 6.07) is 7.55. The summed E-state index contributed by atoms with van der Waals surface area (Å²) in [7, 11) is 0. The molecular formula is C16H25ClN2O2. The van der Waals surface area contributed by atoms with E-state index in [1.807, 2.05) is 38.1 Å². The van der Waals surface area contributed by atoms with Crippen molar-refractivity contribution in [1.29, 1.82) is 0 Å². The fourth-order valence-electron chi connectivity index (χ4n) is 2.21. The van der Waals surface area contributed by atoms with Crippen LogP contribution in [0, 0.1) is 5.41 Å². The molecule has 21 heavy (non-hydrogen) atoms. The molecule has 0 aromatic heterocycles. The summed E-state index contributed by atoms with van der Waals surface area (Å²) in [6.07, 6.45) is 5.15. The minimum absolute atomic E-state index is 0. The molecule has 1 fully saturated rings. The Morgan fingerprint density at radius 2 is 1.86 bits per heavy atom. The molecule has 1 aliphatic carbocycles. The Morgan fingerprint density at radius 3 is 2.38 bits per heavy atom. The second-order valence-corrected chi connectivity index (χ2v) is 6.09. The van der Waals surface area contributed by atoms with Crippen molar-refractivity contribution in [2.75, 3.05) is 11.9 Å². The van der Waals surface area contributed by atoms with Gasteiger partial charge in [-0.3, -0.25) is 4.79 Å². The van der Waals surface area contributed by atoms with Crippen molar-refractivity contribution >= 4 is 24.0 Å². The van der Waals surface area contributed by atoms with E-state index >= 15 is 0 Å². The van der Waals surface area contributed by atoms with Crippen molar-refractivity contribution in [3.05, 3.63) is 24.3 Å². The maximum atomic E-state index is 12.0. The van der Waals surface area contributed by atoms with E-state index in [-0.39, 0.29) is 18.3 Å². The molecule has 0 aliphatic heterocycles. The van der Waals surface area contributed by atoms with Crippen molar-refractivity contribution in [2.45, 2.75) is 45.6 Å². The van der Waals surface area contributed by atoms with Gasteiger partial charge in [0.05, 0.1) is 11.5 Å². The molecule has 1 aromatic carbocycles. The predicted molar refractivity (Wildman–Crippen MR) is 88.0 cm³/mol. The minimum atomic E-state index is -0.557. The van der Waals surface area contributed by atoms with E-state index in [2.05, 4.69) is 5.32 Å². The summed E-state index contributed by atoms with van der Waals surface area (Å²) in [5.74, 6) is 0.803. The largest absolute Gasteiger partial charge is 0.490 e. The number of benzene rings is 1. The van der Waals surface area contributed by atoms with Gasteiger partial charge in [0.2, 0.25) is 5.91 Å². The third kappa shape index (κ3) is 4.90. The number of hydrogen-bond acceptors (Lipinski definition) is 3. The van der Waals surface area contributed by atoms with Crippen LogP contribution in [0.25, 0.3) is 0 Å². The molecule has 5 heteroatoms. The summed E-state index contributed by atoms with van der Waals surface area (Å²) in [6.45, 7) is 3.99. The number of ether oxygens (including phenoxy) is 1. The normalized spacial score (nSPS) is 15.4. The number of carbonyl (C=O) groups excluding carboxylic acids is 1. The van der Waals surface area contributed by atoms with E-state index in [1.54, 1.807) is 0 Å². The molecule has 0 heterocycles. The van der Waals surface area contributed by atoms with Crippen LogP contribution >= 0.6 is 12.4 Å². The summed E-state index contributed by atoms with van der Waals surface area (Å²) >= 11 is 0. The molecule has 1 saturated carbocycles. The van der Waals surface area contributed by atoms with Crippen molar-refractivity contribution in [3.63, 3.8) is 0 Å². The fraction of sp³-hybridized carbons (Fsp3) is 0.562. The number of halogens is 1. The highest BCUT2D eigenvalue weighted by Crippen LogP contribution is 2.25. The monoisotopic (exact) mass is 312 g/mol. The van der Waals surface area contributed by atoms with E-state index in [1.165, 1.54) is 12.8 Å². The first kappa shape index (κ1) is 17.8. The quantitative estimate of drug-likeness (QED) is 0.876. The molecule has 0 atom stereocenters. The molecule has 0 bridgehead atoms. The van der Waals surface area contributed by atoms with Crippen LogP contribution in [0.15, 0.2) is 24.3 Å². The van der Waals surface area contributed by atoms with E-state index in [9.17, 15) is 4.79 Å². The molecule has 1 amide bonds. The van der Waals surface area contributed by atoms with Crippen molar-refractivity contribution < 1.29 is 9.53 Å². The first-order chi connectivity index (χ1) is 9.51. The Balaban J connectivity index is 0.00000220. The van der Waals surface area contributed by atoms with Crippen LogP contribution < -0.4 is 15.8 Å². The second kappa shape index (κ2) is 7.66. The molecule has 4 nitrogen and oxygen atoms in total. The molecule has 0 unspecified atom stereocenters. The number of hydrogen-bond donors (Lipinski definition) is 2. The first-order valence-corrected chi connectivity index (χ1v) is 7.29. The van der Waals surface area contributed by atoms with Gasteiger partial charge in [0.25, 0.3) is 0 Å². The van der Waals surface area contributed by atoms with Crippen LogP contribution in [0.2, 0.25) is 0 Å². The Labute approximate surface area is 132 Å². The lowest BCUT2D eigenvalue weighted by Crippen LogP contribution is -2.37. The summed E-state index contributed by atoms with van der Waals surface area (Å²) in [5, 5.41) is 2.88. The zero-order valence-electron chi connectivity index (χ0n) is 12.7. The number of nitrogens with two attached hydrogens (primary N) is 1. The Kier molecular flexibility index (Phi) is 6.49. The zero-order valence-corrected chi connectivity index (χ0v) is 13.5. The van der Waals surface area contributed by atoms with E-state index < -0.39 is 5.41 Å². The van der Waals surface area contributed by atoms with Crippen LogP contribution in [0.4, 0.5) is 5.69 Å². The molecule has 3 N–H and O–H groups in total. The minimum Gasteiger partial charge on any atom is -0.490 e. The molecule has 1 aliphatic rings. The third-order valence-electron chi connectivity index (χ3n) is 3.84. The Hall–Kier alpha value is -1.26. The third-order valence-corrected chi connectivity index (χ3v) is 3.84. The zero-order chi connectivity index (χ0) is 14.6. The number of carbonyl (C=O) groups is 1. The Bertz CT molecular complexity index is 454. The van der Waals surface area contributed by atoms with Gasteiger partial charge in [-0.05, 0) is 63.8 Å². The van der Waals surface area contributed by atoms with Gasteiger partial charge in [-0.25, -0.2) is 0 Å². The average molecular weight is 313 g/mol. The van der Waals surface area contributed by atoms with Crippen molar-refractivity contribution in [2.24, 2.45) is 11.1 Å². The van der Waals surface area contributed by atoms with Gasteiger partial charge >= 0.3 is 0 Å². The van der Waals surface area contributed by atoms with Gasteiger partial charge in [0, 0.05) is 12.2 Å². The lowest BCUT2D eigenvalue weighted by molar-refractivity contribution is -0.123. The molecule has 2 rings (SSSR count). The van der Waals surface area contributed by atoms with Crippen LogP contribution in [-0.4, -0.2) is 18.6 Å². The average Bonchev–Trinajstić information content (AvgIpc) is 2.94. The van der Waals surface area contributed by atoms with Gasteiger partial charge in [-0.15, -0.1) is 12.4 Å². The second-order valence-electron chi connectivity index (χ2n) is 6.09. The molecule has 0 radical (unpaired) electrons. The molecule has 0 spiro atoms. The SMILES string of the molecule is CC(C)(CN)C(=O)Nc1ccc(OC2CCCC2)cc1.Cl. The van der Waals surface area contributed by atoms with Crippen molar-refractivity contribution in [3.8, 4) is 5.75 Å². The summed E-state index contributed by atoms with van der Waals surface area (Å²) in [5.41, 5.74) is 5.81. The maximum absolute atomic E-state index is 12.0. The van der Waals surface area contributed by atoms with Gasteiger partial charge in [-0.2, -0.15) is 0 Å². The topological polar surface area (TPSA) is 64.4 Å². The van der Waals surface area contributed by atoms with E-state index in [4.69, 9.17) is 10.5 Å². The summed E-state index contributed by atoms with van der Waals surface area (Å²) in [4.78, 5) is 12.0. The van der Waals surface area contributed by atoms with Crippen LogP contribution in [0.1, 0.15) is 39.5 Å². The van der Waals surface area contributed by atoms with Crippen molar-refractivity contribution in [1.82, 2.24) is 0 Å². The van der Waals surface area contributed by atoms with Crippen LogP contribution in [-0.2, 0) is 4.79 Å². The van der Waals surface area contributed by atoms with Crippen LogP contribution in [0.5, 0.6) is 5.75 Å². The molecule has 118 valence electrons. The molecular weight excluding hydrogens is 288 g/mol. The maximum Gasteiger partial charge on any atom is 0.231 e. The lowest BCUT2D eigenvalue weighted by Gasteiger charge is -2.21. The fourth-order valence-corrected chi connectivity index (χ4v) is 2.21. The standard InChI is InChI=1S/C16H24N2O2.ClH/c1-16(2,11-17)15(19)18-12-7-9-14(10-8-12)20-13-5-3-4-6-13;/h7-10,13H,3-6,11,17H2,1-2H3,(H,18,19);1H. The smallest absolute Gasteiger partial charge is 0.231 e. The summed E-state index contributed by atoms with van der Waals surface area (Å²) < 4.78 is 5.89. The van der Waals surface area contributed by atoms with E-state index in [0.717, 1.165) is 24.3 Å². The van der Waals surface area contributed by atoms with Gasteiger partial charge in [0.15, 0.2) is 0 Å². The molecule has 0 saturated heterocycles. The highest BCUT2D eigenvalue weighted by atomic mass is 35.5. The van der Waals surface area contributed by atoms with Gasteiger partial charge in [-0.1, -0.05) is 0 Å². The lowest BCUT2D eigenvalue weighted by atomic mass is 9.92. The number of anilines is 1. The Morgan fingerprint density at radius 1 is 1.29 bits per heavy atom. The highest BCUT2D eigenvalue weighted by Gasteiger charge is 2.25.